The lowest BCUT2D eigenvalue weighted by molar-refractivity contribution is 0.0403. The van der Waals surface area contributed by atoms with Crippen LogP contribution in [0.3, 0.4) is 0 Å². The molecule has 1 aromatic rings. The minimum atomic E-state index is 0.387. The third-order valence-corrected chi connectivity index (χ3v) is 5.30. The monoisotopic (exact) mass is 264 g/mol. The van der Waals surface area contributed by atoms with Gasteiger partial charge in [-0.3, -0.25) is 4.90 Å². The lowest BCUT2D eigenvalue weighted by atomic mass is 9.78. The summed E-state index contributed by atoms with van der Waals surface area (Å²) in [5.41, 5.74) is 7.76. The predicted octanol–water partition coefficient (Wildman–Crippen LogP) is 2.74. The fourth-order valence-corrected chi connectivity index (χ4v) is 4.31. The second-order valence-electron chi connectivity index (χ2n) is 6.38. The van der Waals surface area contributed by atoms with Gasteiger partial charge in [0.2, 0.25) is 0 Å². The van der Waals surface area contributed by atoms with Crippen LogP contribution in [-0.2, 0) is 6.42 Å². The van der Waals surface area contributed by atoms with Gasteiger partial charge in [0, 0.05) is 25.2 Å². The molecule has 2 N–H and O–H groups in total. The Bertz CT molecular complexity index is 370. The Morgan fingerprint density at radius 1 is 1.33 bits per heavy atom. The molecule has 100 valence electrons. The summed E-state index contributed by atoms with van der Waals surface area (Å²) in [7, 11) is 0. The highest BCUT2D eigenvalue weighted by atomic mass is 32.1. The van der Waals surface area contributed by atoms with Gasteiger partial charge >= 0.3 is 0 Å². The van der Waals surface area contributed by atoms with Crippen molar-refractivity contribution in [3.8, 4) is 0 Å². The Morgan fingerprint density at radius 3 is 2.83 bits per heavy atom. The maximum atomic E-state index is 6.26. The highest BCUT2D eigenvalue weighted by molar-refractivity contribution is 7.07. The molecule has 2 unspecified atom stereocenters. The minimum absolute atomic E-state index is 0.387. The van der Waals surface area contributed by atoms with E-state index < -0.39 is 0 Å². The van der Waals surface area contributed by atoms with E-state index in [2.05, 4.69) is 28.7 Å². The molecule has 1 aliphatic carbocycles. The molecule has 0 aromatic carbocycles. The topological polar surface area (TPSA) is 29.3 Å². The van der Waals surface area contributed by atoms with Gasteiger partial charge < -0.3 is 5.73 Å². The van der Waals surface area contributed by atoms with Crippen LogP contribution in [-0.4, -0.2) is 30.1 Å². The average molecular weight is 264 g/mol. The first-order valence-electron chi connectivity index (χ1n) is 7.21. The number of nitrogens with zero attached hydrogens (tertiary/aromatic N) is 1. The molecule has 0 bridgehead atoms. The summed E-state index contributed by atoms with van der Waals surface area (Å²) in [5.74, 6) is 1.70. The molecule has 0 amide bonds. The van der Waals surface area contributed by atoms with Crippen molar-refractivity contribution >= 4 is 11.3 Å². The van der Waals surface area contributed by atoms with Crippen LogP contribution in [0.25, 0.3) is 0 Å². The Balaban J connectivity index is 1.58. The van der Waals surface area contributed by atoms with Crippen LogP contribution in [0.4, 0.5) is 0 Å². The smallest absolute Gasteiger partial charge is 0.0171 e. The summed E-state index contributed by atoms with van der Waals surface area (Å²) in [6, 6.07) is 3.48. The number of rotatable bonds is 3. The number of nitrogens with two attached hydrogens (primary N) is 1. The van der Waals surface area contributed by atoms with Crippen molar-refractivity contribution in [3.63, 3.8) is 0 Å². The quantitative estimate of drug-likeness (QED) is 0.909. The molecule has 2 nitrogen and oxygen atoms in total. The molecule has 2 aliphatic rings. The van der Waals surface area contributed by atoms with E-state index in [4.69, 9.17) is 5.73 Å². The van der Waals surface area contributed by atoms with Crippen LogP contribution in [0, 0.1) is 11.8 Å². The lowest BCUT2D eigenvalue weighted by Crippen LogP contribution is -2.54. The Hall–Kier alpha value is -0.380. The van der Waals surface area contributed by atoms with Gasteiger partial charge in [0.25, 0.3) is 0 Å². The van der Waals surface area contributed by atoms with Gasteiger partial charge in [0.05, 0.1) is 0 Å². The van der Waals surface area contributed by atoms with E-state index in [0.29, 0.717) is 6.04 Å². The van der Waals surface area contributed by atoms with E-state index in [0.717, 1.165) is 24.4 Å². The molecule has 2 heterocycles. The van der Waals surface area contributed by atoms with Crippen LogP contribution < -0.4 is 5.73 Å². The third kappa shape index (κ3) is 2.79. The van der Waals surface area contributed by atoms with Gasteiger partial charge in [-0.1, -0.05) is 6.92 Å². The Morgan fingerprint density at radius 2 is 2.17 bits per heavy atom. The highest BCUT2D eigenvalue weighted by Gasteiger charge is 2.35. The third-order valence-electron chi connectivity index (χ3n) is 4.57. The zero-order chi connectivity index (χ0) is 12.5. The lowest BCUT2D eigenvalue weighted by Gasteiger charge is -2.47. The number of thiophene rings is 1. The van der Waals surface area contributed by atoms with Crippen molar-refractivity contribution in [2.24, 2.45) is 17.6 Å². The molecule has 3 rings (SSSR count). The molecule has 1 aromatic heterocycles. The number of piperidine rings is 1. The van der Waals surface area contributed by atoms with Gasteiger partial charge in [-0.15, -0.1) is 0 Å². The molecule has 0 spiro atoms. The molecule has 2 fully saturated rings. The van der Waals surface area contributed by atoms with Crippen LogP contribution in [0.5, 0.6) is 0 Å². The Labute approximate surface area is 114 Å². The summed E-state index contributed by atoms with van der Waals surface area (Å²) in [6.45, 7) is 4.75. The van der Waals surface area contributed by atoms with E-state index in [9.17, 15) is 0 Å². The molecule has 2 atom stereocenters. The number of likely N-dealkylation sites (tertiary alicyclic amines) is 1. The molecule has 3 heteroatoms. The minimum Gasteiger partial charge on any atom is -0.327 e. The predicted molar refractivity (Wildman–Crippen MR) is 77.9 cm³/mol. The fraction of sp³-hybridized carbons (Fsp3) is 0.733. The highest BCUT2D eigenvalue weighted by Crippen LogP contribution is 2.34. The van der Waals surface area contributed by atoms with Crippen LogP contribution in [0.15, 0.2) is 16.8 Å². The fourth-order valence-electron chi connectivity index (χ4n) is 3.63. The van der Waals surface area contributed by atoms with Crippen molar-refractivity contribution in [2.45, 2.75) is 44.7 Å². The normalized spacial score (nSPS) is 37.4. The second kappa shape index (κ2) is 5.32. The molecule has 1 aliphatic heterocycles. The largest absolute Gasteiger partial charge is 0.327 e. The first-order chi connectivity index (χ1) is 8.70. The second-order valence-corrected chi connectivity index (χ2v) is 7.16. The Kier molecular flexibility index (Phi) is 3.73. The molecule has 18 heavy (non-hydrogen) atoms. The van der Waals surface area contributed by atoms with Crippen molar-refractivity contribution in [2.75, 3.05) is 13.1 Å². The summed E-state index contributed by atoms with van der Waals surface area (Å²) in [4.78, 5) is 2.67. The SMILES string of the molecule is CC1CC(N2CC(N)CC(Cc3ccsc3)C2)C1. The number of hydrogen-bond donors (Lipinski definition) is 1. The first kappa shape index (κ1) is 12.6. The summed E-state index contributed by atoms with van der Waals surface area (Å²) >= 11 is 1.81. The van der Waals surface area contributed by atoms with Gasteiger partial charge in [-0.2, -0.15) is 11.3 Å². The summed E-state index contributed by atoms with van der Waals surface area (Å²) in [5, 5.41) is 4.47. The molecular weight excluding hydrogens is 240 g/mol. The van der Waals surface area contributed by atoms with Gasteiger partial charge in [-0.25, -0.2) is 0 Å². The van der Waals surface area contributed by atoms with Crippen molar-refractivity contribution in [1.29, 1.82) is 0 Å². The van der Waals surface area contributed by atoms with Gasteiger partial charge in [0.1, 0.15) is 0 Å². The first-order valence-corrected chi connectivity index (χ1v) is 8.15. The van der Waals surface area contributed by atoms with E-state index in [1.165, 1.54) is 37.8 Å². The van der Waals surface area contributed by atoms with Crippen LogP contribution in [0.1, 0.15) is 31.7 Å². The van der Waals surface area contributed by atoms with E-state index in [-0.39, 0.29) is 0 Å². The molecule has 1 saturated heterocycles. The standard InChI is InChI=1S/C15H24N2S/c1-11-4-15(5-11)17-8-13(7-14(16)9-17)6-12-2-3-18-10-12/h2-3,10-11,13-15H,4-9,16H2,1H3. The van der Waals surface area contributed by atoms with E-state index in [1.807, 2.05) is 11.3 Å². The van der Waals surface area contributed by atoms with Crippen molar-refractivity contribution in [3.05, 3.63) is 22.4 Å². The maximum Gasteiger partial charge on any atom is 0.0171 e. The van der Waals surface area contributed by atoms with Gasteiger partial charge in [-0.05, 0) is 59.9 Å². The van der Waals surface area contributed by atoms with Crippen LogP contribution >= 0.6 is 11.3 Å². The molecule has 0 radical (unpaired) electrons. The van der Waals surface area contributed by atoms with E-state index >= 15 is 0 Å². The van der Waals surface area contributed by atoms with Crippen molar-refractivity contribution < 1.29 is 0 Å². The van der Waals surface area contributed by atoms with E-state index in [1.54, 1.807) is 0 Å². The number of hydrogen-bond acceptors (Lipinski definition) is 3. The van der Waals surface area contributed by atoms with Crippen molar-refractivity contribution in [1.82, 2.24) is 4.90 Å². The summed E-state index contributed by atoms with van der Waals surface area (Å²) < 4.78 is 0. The van der Waals surface area contributed by atoms with Gasteiger partial charge in [0.15, 0.2) is 0 Å². The van der Waals surface area contributed by atoms with Crippen LogP contribution in [0.2, 0.25) is 0 Å². The zero-order valence-electron chi connectivity index (χ0n) is 11.2. The average Bonchev–Trinajstić information content (AvgIpc) is 2.76. The molecular formula is C15H24N2S. The maximum absolute atomic E-state index is 6.26. The molecule has 1 saturated carbocycles. The zero-order valence-corrected chi connectivity index (χ0v) is 12.0. The summed E-state index contributed by atoms with van der Waals surface area (Å²) in [6.07, 6.45) is 5.19.